The summed E-state index contributed by atoms with van der Waals surface area (Å²) in [7, 11) is 0. The summed E-state index contributed by atoms with van der Waals surface area (Å²) < 4.78 is 6.44. The highest BCUT2D eigenvalue weighted by Crippen LogP contribution is 2.57. The summed E-state index contributed by atoms with van der Waals surface area (Å²) in [6.45, 7) is 13.2. The SMILES string of the molecule is C=C1C[C@@]2(C(=O)O[C@@H]3C[C@H](C)CC[C@H]3C(C)(C)c3ccccc3)C(=O)CCC[C@@H]2[C@H]1CC. The van der Waals surface area contributed by atoms with Crippen LogP contribution in [0.1, 0.15) is 84.6 Å². The maximum Gasteiger partial charge on any atom is 0.320 e. The number of hydrogen-bond donors (Lipinski definition) is 0. The van der Waals surface area contributed by atoms with Crippen LogP contribution in [-0.4, -0.2) is 17.9 Å². The van der Waals surface area contributed by atoms with E-state index in [-0.39, 0.29) is 41.0 Å². The molecule has 0 spiro atoms. The molecule has 3 aliphatic rings. The summed E-state index contributed by atoms with van der Waals surface area (Å²) in [6, 6.07) is 10.6. The Bertz CT molecular complexity index is 870. The van der Waals surface area contributed by atoms with Crippen LogP contribution in [0.25, 0.3) is 0 Å². The van der Waals surface area contributed by atoms with Crippen LogP contribution >= 0.6 is 0 Å². The zero-order valence-electron chi connectivity index (χ0n) is 20.4. The summed E-state index contributed by atoms with van der Waals surface area (Å²) in [5, 5.41) is 0. The monoisotopic (exact) mass is 436 g/mol. The van der Waals surface area contributed by atoms with Crippen molar-refractivity contribution in [2.24, 2.45) is 29.1 Å². The lowest BCUT2D eigenvalue weighted by Gasteiger charge is -2.45. The number of carbonyl (C=O) groups is 2. The Labute approximate surface area is 194 Å². The second kappa shape index (κ2) is 8.80. The Morgan fingerprint density at radius 3 is 2.59 bits per heavy atom. The maximum absolute atomic E-state index is 13.9. The number of fused-ring (bicyclic) bond motifs is 1. The second-order valence-corrected chi connectivity index (χ2v) is 11.3. The summed E-state index contributed by atoms with van der Waals surface area (Å²) in [5.41, 5.74) is 1.26. The van der Waals surface area contributed by atoms with E-state index < -0.39 is 5.41 Å². The van der Waals surface area contributed by atoms with Crippen molar-refractivity contribution in [1.29, 1.82) is 0 Å². The molecule has 3 nitrogen and oxygen atoms in total. The van der Waals surface area contributed by atoms with E-state index in [2.05, 4.69) is 58.5 Å². The molecule has 0 aromatic heterocycles. The van der Waals surface area contributed by atoms with Crippen molar-refractivity contribution in [2.75, 3.05) is 0 Å². The van der Waals surface area contributed by atoms with Gasteiger partial charge in [-0.15, -0.1) is 0 Å². The van der Waals surface area contributed by atoms with Crippen molar-refractivity contribution in [3.63, 3.8) is 0 Å². The van der Waals surface area contributed by atoms with Gasteiger partial charge in [0.1, 0.15) is 11.5 Å². The van der Waals surface area contributed by atoms with E-state index >= 15 is 0 Å². The molecular weight excluding hydrogens is 396 g/mol. The first-order valence-electron chi connectivity index (χ1n) is 12.7. The average Bonchev–Trinajstić information content (AvgIpc) is 3.07. The first-order valence-corrected chi connectivity index (χ1v) is 12.7. The van der Waals surface area contributed by atoms with Crippen molar-refractivity contribution in [3.8, 4) is 0 Å². The highest BCUT2D eigenvalue weighted by Gasteiger charge is 2.61. The molecule has 0 heterocycles. The highest BCUT2D eigenvalue weighted by molar-refractivity contribution is 6.05. The molecule has 3 heteroatoms. The van der Waals surface area contributed by atoms with Crippen LogP contribution in [0.3, 0.4) is 0 Å². The van der Waals surface area contributed by atoms with Gasteiger partial charge >= 0.3 is 5.97 Å². The molecule has 0 N–H and O–H groups in total. The minimum atomic E-state index is -0.988. The normalized spacial score (nSPS) is 35.4. The fourth-order valence-electron chi connectivity index (χ4n) is 7.23. The minimum absolute atomic E-state index is 0.0651. The van der Waals surface area contributed by atoms with Crippen molar-refractivity contribution in [2.45, 2.75) is 90.6 Å². The lowest BCUT2D eigenvalue weighted by atomic mass is 9.63. The molecule has 4 rings (SSSR count). The minimum Gasteiger partial charge on any atom is -0.461 e. The summed E-state index contributed by atoms with van der Waals surface area (Å²) >= 11 is 0. The van der Waals surface area contributed by atoms with Crippen LogP contribution in [0, 0.1) is 29.1 Å². The molecule has 3 fully saturated rings. The van der Waals surface area contributed by atoms with Gasteiger partial charge in [-0.1, -0.05) is 76.6 Å². The van der Waals surface area contributed by atoms with Gasteiger partial charge < -0.3 is 4.74 Å². The Morgan fingerprint density at radius 2 is 1.91 bits per heavy atom. The molecule has 0 aliphatic heterocycles. The molecule has 0 saturated heterocycles. The van der Waals surface area contributed by atoms with Gasteiger partial charge in [0.15, 0.2) is 5.78 Å². The number of benzene rings is 1. The number of hydrogen-bond acceptors (Lipinski definition) is 3. The van der Waals surface area contributed by atoms with Gasteiger partial charge in [0.25, 0.3) is 0 Å². The summed E-state index contributed by atoms with van der Waals surface area (Å²) in [5.74, 6) is 0.929. The van der Waals surface area contributed by atoms with E-state index in [0.29, 0.717) is 18.8 Å². The molecule has 0 radical (unpaired) electrons. The van der Waals surface area contributed by atoms with Crippen LogP contribution in [-0.2, 0) is 19.7 Å². The van der Waals surface area contributed by atoms with E-state index in [1.165, 1.54) is 5.56 Å². The van der Waals surface area contributed by atoms with Crippen LogP contribution in [0.15, 0.2) is 42.5 Å². The number of esters is 1. The largest absolute Gasteiger partial charge is 0.461 e. The predicted octanol–water partition coefficient (Wildman–Crippen LogP) is 6.65. The van der Waals surface area contributed by atoms with E-state index in [1.54, 1.807) is 0 Å². The Kier molecular flexibility index (Phi) is 6.40. The lowest BCUT2D eigenvalue weighted by molar-refractivity contribution is -0.176. The van der Waals surface area contributed by atoms with E-state index in [1.807, 2.05) is 6.07 Å². The molecule has 0 unspecified atom stereocenters. The molecule has 3 aliphatic carbocycles. The first kappa shape index (κ1) is 23.3. The zero-order valence-corrected chi connectivity index (χ0v) is 20.4. The third-order valence-electron chi connectivity index (χ3n) is 9.13. The molecular formula is C29H40O3. The fraction of sp³-hybridized carbons (Fsp3) is 0.655. The standard InChI is InChI=1S/C29H40O3/c1-6-22-20(3)18-29(23(22)13-10-14-26(29)30)27(31)32-25-17-19(2)15-16-24(25)28(4,5)21-11-8-7-9-12-21/h7-9,11-12,19,22-25H,3,6,10,13-18H2,1-2,4-5H3/t19-,22+,23-,24-,25-,29+/m1/s1. The van der Waals surface area contributed by atoms with Crippen molar-refractivity contribution in [3.05, 3.63) is 48.0 Å². The molecule has 1 aromatic carbocycles. The molecule has 0 bridgehead atoms. The van der Waals surface area contributed by atoms with Crippen LogP contribution in [0.4, 0.5) is 0 Å². The second-order valence-electron chi connectivity index (χ2n) is 11.3. The Morgan fingerprint density at radius 1 is 1.19 bits per heavy atom. The number of rotatable bonds is 5. The van der Waals surface area contributed by atoms with Crippen LogP contribution in [0.5, 0.6) is 0 Å². The Hall–Kier alpha value is -1.90. The number of Topliss-reactive ketones (excluding diaryl/α,β-unsaturated/α-hetero) is 1. The van der Waals surface area contributed by atoms with Gasteiger partial charge in [-0.2, -0.15) is 0 Å². The molecule has 1 aromatic rings. The molecule has 3 saturated carbocycles. The van der Waals surface area contributed by atoms with Gasteiger partial charge in [-0.25, -0.2) is 0 Å². The van der Waals surface area contributed by atoms with Crippen molar-refractivity contribution in [1.82, 2.24) is 0 Å². The third kappa shape index (κ3) is 3.76. The van der Waals surface area contributed by atoms with Gasteiger partial charge in [0.2, 0.25) is 0 Å². The first-order chi connectivity index (χ1) is 15.2. The third-order valence-corrected chi connectivity index (χ3v) is 9.13. The number of carbonyl (C=O) groups excluding carboxylic acids is 2. The van der Waals surface area contributed by atoms with E-state index in [4.69, 9.17) is 4.74 Å². The van der Waals surface area contributed by atoms with Crippen molar-refractivity contribution >= 4 is 11.8 Å². The van der Waals surface area contributed by atoms with E-state index in [0.717, 1.165) is 44.1 Å². The smallest absolute Gasteiger partial charge is 0.320 e. The number of ether oxygens (including phenoxy) is 1. The van der Waals surface area contributed by atoms with Crippen molar-refractivity contribution < 1.29 is 14.3 Å². The van der Waals surface area contributed by atoms with Gasteiger partial charge in [-0.05, 0) is 67.3 Å². The van der Waals surface area contributed by atoms with Crippen LogP contribution in [0.2, 0.25) is 0 Å². The quantitative estimate of drug-likeness (QED) is 0.295. The van der Waals surface area contributed by atoms with Gasteiger partial charge in [0.05, 0.1) is 0 Å². The summed E-state index contributed by atoms with van der Waals surface area (Å²) in [4.78, 5) is 27.2. The Balaban J connectivity index is 1.64. The average molecular weight is 437 g/mol. The van der Waals surface area contributed by atoms with Gasteiger partial charge in [-0.3, -0.25) is 9.59 Å². The fourth-order valence-corrected chi connectivity index (χ4v) is 7.23. The van der Waals surface area contributed by atoms with Crippen LogP contribution < -0.4 is 0 Å². The maximum atomic E-state index is 13.9. The van der Waals surface area contributed by atoms with Gasteiger partial charge in [0, 0.05) is 12.3 Å². The highest BCUT2D eigenvalue weighted by atomic mass is 16.5. The molecule has 0 amide bonds. The zero-order chi connectivity index (χ0) is 23.1. The van der Waals surface area contributed by atoms with E-state index in [9.17, 15) is 9.59 Å². The topological polar surface area (TPSA) is 43.4 Å². The predicted molar refractivity (Wildman–Crippen MR) is 128 cm³/mol. The molecule has 32 heavy (non-hydrogen) atoms. The number of ketones is 1. The molecule has 174 valence electrons. The summed E-state index contributed by atoms with van der Waals surface area (Å²) in [6.07, 6.45) is 6.64. The lowest BCUT2D eigenvalue weighted by Crippen LogP contribution is -2.51. The molecule has 6 atom stereocenters. The number of allylic oxidation sites excluding steroid dienone is 1.